The van der Waals surface area contributed by atoms with Crippen LogP contribution in [-0.4, -0.2) is 41.3 Å². The smallest absolute Gasteiger partial charge is 0.335 e. The number of hydrogen-bond acceptors (Lipinski definition) is 6. The number of hydrogen-bond donors (Lipinski definition) is 1. The number of methoxy groups -OCH3 is 1. The lowest BCUT2D eigenvalue weighted by Crippen LogP contribution is -2.26. The molecular formula is C26H23N3O4. The molecule has 0 bridgehead atoms. The average molecular weight is 441 g/mol. The van der Waals surface area contributed by atoms with Crippen LogP contribution in [0.1, 0.15) is 21.7 Å². The Labute approximate surface area is 191 Å². The van der Waals surface area contributed by atoms with E-state index in [0.29, 0.717) is 25.5 Å². The zero-order valence-corrected chi connectivity index (χ0v) is 18.4. The van der Waals surface area contributed by atoms with Crippen molar-refractivity contribution in [3.05, 3.63) is 77.6 Å². The summed E-state index contributed by atoms with van der Waals surface area (Å²) in [6, 6.07) is 18.8. The van der Waals surface area contributed by atoms with Crippen molar-refractivity contribution in [3.8, 4) is 22.6 Å². The van der Waals surface area contributed by atoms with Gasteiger partial charge in [0, 0.05) is 23.6 Å². The molecule has 5 rings (SSSR count). The second kappa shape index (κ2) is 8.43. The van der Waals surface area contributed by atoms with E-state index >= 15 is 0 Å². The standard InChI is InChI=1S/C26H23N3O4/c1-16-27-23-14-21(32-2)7-8-22(23)25(28-16)29-10-11-33-24-9-6-18(13-20(24)15-29)17-4-3-5-19(12-17)26(30)31/h3-9,12-14H,10-11,15H2,1-2H3,(H,30,31). The van der Waals surface area contributed by atoms with Gasteiger partial charge in [-0.2, -0.15) is 0 Å². The topological polar surface area (TPSA) is 84.8 Å². The Kier molecular flexibility index (Phi) is 5.30. The van der Waals surface area contributed by atoms with E-state index in [1.54, 1.807) is 25.3 Å². The number of carbonyl (C=O) groups is 1. The Morgan fingerprint density at radius 1 is 1.06 bits per heavy atom. The summed E-state index contributed by atoms with van der Waals surface area (Å²) in [5, 5.41) is 10.3. The van der Waals surface area contributed by atoms with Gasteiger partial charge in [-0.05, 0) is 54.4 Å². The number of benzene rings is 3. The first-order chi connectivity index (χ1) is 16.0. The lowest BCUT2D eigenvalue weighted by atomic mass is 10.00. The van der Waals surface area contributed by atoms with Crippen LogP contribution in [0.3, 0.4) is 0 Å². The van der Waals surface area contributed by atoms with E-state index in [9.17, 15) is 9.90 Å². The van der Waals surface area contributed by atoms with Crippen LogP contribution >= 0.6 is 0 Å². The second-order valence-corrected chi connectivity index (χ2v) is 7.96. The molecule has 166 valence electrons. The first-order valence-electron chi connectivity index (χ1n) is 10.7. The third kappa shape index (κ3) is 4.05. The number of ether oxygens (including phenoxy) is 2. The van der Waals surface area contributed by atoms with Crippen LogP contribution < -0.4 is 14.4 Å². The van der Waals surface area contributed by atoms with Crippen molar-refractivity contribution >= 4 is 22.7 Å². The molecule has 0 fully saturated rings. The number of fused-ring (bicyclic) bond motifs is 2. The lowest BCUT2D eigenvalue weighted by molar-refractivity contribution is 0.0697. The van der Waals surface area contributed by atoms with E-state index in [1.807, 2.05) is 43.3 Å². The van der Waals surface area contributed by atoms with Crippen molar-refractivity contribution in [2.45, 2.75) is 13.5 Å². The number of carboxylic acids is 1. The van der Waals surface area contributed by atoms with E-state index in [-0.39, 0.29) is 5.56 Å². The molecule has 33 heavy (non-hydrogen) atoms. The molecule has 1 aliphatic heterocycles. The molecule has 0 amide bonds. The largest absolute Gasteiger partial charge is 0.497 e. The van der Waals surface area contributed by atoms with Crippen molar-refractivity contribution < 1.29 is 19.4 Å². The van der Waals surface area contributed by atoms with Crippen LogP contribution in [0.2, 0.25) is 0 Å². The normalized spacial score (nSPS) is 13.2. The number of aromatic carboxylic acids is 1. The summed E-state index contributed by atoms with van der Waals surface area (Å²) in [4.78, 5) is 22.9. The van der Waals surface area contributed by atoms with Gasteiger partial charge in [-0.3, -0.25) is 0 Å². The van der Waals surface area contributed by atoms with Gasteiger partial charge in [0.05, 0.1) is 24.7 Å². The predicted octanol–water partition coefficient (Wildman–Crippen LogP) is 4.71. The maximum atomic E-state index is 11.4. The zero-order chi connectivity index (χ0) is 22.9. The van der Waals surface area contributed by atoms with Crippen molar-refractivity contribution in [2.75, 3.05) is 25.2 Å². The molecule has 0 saturated carbocycles. The number of carboxylic acid groups (broad SMARTS) is 1. The van der Waals surface area contributed by atoms with Crippen LogP contribution in [0.15, 0.2) is 60.7 Å². The van der Waals surface area contributed by atoms with Gasteiger partial charge in [-0.25, -0.2) is 14.8 Å². The highest BCUT2D eigenvalue weighted by atomic mass is 16.5. The summed E-state index contributed by atoms with van der Waals surface area (Å²) in [6.45, 7) is 3.70. The summed E-state index contributed by atoms with van der Waals surface area (Å²) in [5.41, 5.74) is 3.91. The van der Waals surface area contributed by atoms with Gasteiger partial charge in [0.2, 0.25) is 0 Å². The van der Waals surface area contributed by atoms with E-state index in [1.165, 1.54) is 0 Å². The van der Waals surface area contributed by atoms with Crippen LogP contribution in [0.25, 0.3) is 22.0 Å². The van der Waals surface area contributed by atoms with Crippen LogP contribution in [-0.2, 0) is 6.54 Å². The highest BCUT2D eigenvalue weighted by Crippen LogP contribution is 2.33. The van der Waals surface area contributed by atoms with Crippen LogP contribution in [0, 0.1) is 6.92 Å². The molecule has 2 heterocycles. The molecule has 7 nitrogen and oxygen atoms in total. The summed E-state index contributed by atoms with van der Waals surface area (Å²) in [6.07, 6.45) is 0. The fraction of sp³-hybridized carbons (Fsp3) is 0.192. The SMILES string of the molecule is COc1ccc2c(N3CCOc4ccc(-c5cccc(C(=O)O)c5)cc4C3)nc(C)nc2c1. The molecule has 0 saturated heterocycles. The minimum Gasteiger partial charge on any atom is -0.497 e. The first kappa shape index (κ1) is 20.8. The van der Waals surface area contributed by atoms with Crippen molar-refractivity contribution in [3.63, 3.8) is 0 Å². The predicted molar refractivity (Wildman–Crippen MR) is 126 cm³/mol. The summed E-state index contributed by atoms with van der Waals surface area (Å²) < 4.78 is 11.4. The van der Waals surface area contributed by atoms with Crippen LogP contribution in [0.5, 0.6) is 11.5 Å². The Morgan fingerprint density at radius 2 is 1.91 bits per heavy atom. The molecule has 0 aliphatic carbocycles. The molecular weight excluding hydrogens is 418 g/mol. The monoisotopic (exact) mass is 441 g/mol. The maximum absolute atomic E-state index is 11.4. The fourth-order valence-electron chi connectivity index (χ4n) is 4.16. The van der Waals surface area contributed by atoms with Crippen LogP contribution in [0.4, 0.5) is 5.82 Å². The minimum atomic E-state index is -0.941. The fourth-order valence-corrected chi connectivity index (χ4v) is 4.16. The molecule has 4 aromatic rings. The summed E-state index contributed by atoms with van der Waals surface area (Å²) in [7, 11) is 1.64. The molecule has 3 aromatic carbocycles. The summed E-state index contributed by atoms with van der Waals surface area (Å²) in [5.74, 6) is 2.19. The average Bonchev–Trinajstić information content (AvgIpc) is 3.05. The number of nitrogens with zero attached hydrogens (tertiary/aromatic N) is 3. The van der Waals surface area contributed by atoms with E-state index < -0.39 is 5.97 Å². The Balaban J connectivity index is 1.54. The van der Waals surface area contributed by atoms with Gasteiger partial charge in [0.15, 0.2) is 0 Å². The number of rotatable bonds is 4. The second-order valence-electron chi connectivity index (χ2n) is 7.96. The van der Waals surface area contributed by atoms with Crippen molar-refractivity contribution in [2.24, 2.45) is 0 Å². The first-order valence-corrected chi connectivity index (χ1v) is 10.7. The third-order valence-electron chi connectivity index (χ3n) is 5.78. The Hall–Kier alpha value is -4.13. The van der Waals surface area contributed by atoms with E-state index in [4.69, 9.17) is 14.5 Å². The molecule has 0 spiro atoms. The van der Waals surface area contributed by atoms with Gasteiger partial charge in [0.25, 0.3) is 0 Å². The molecule has 0 radical (unpaired) electrons. The van der Waals surface area contributed by atoms with Gasteiger partial charge in [0.1, 0.15) is 29.7 Å². The molecule has 0 atom stereocenters. The van der Waals surface area contributed by atoms with Gasteiger partial charge < -0.3 is 19.5 Å². The molecule has 1 aliphatic rings. The highest BCUT2D eigenvalue weighted by molar-refractivity contribution is 5.91. The number of aromatic nitrogens is 2. The third-order valence-corrected chi connectivity index (χ3v) is 5.78. The van der Waals surface area contributed by atoms with Gasteiger partial charge >= 0.3 is 5.97 Å². The van der Waals surface area contributed by atoms with Gasteiger partial charge in [-0.15, -0.1) is 0 Å². The van der Waals surface area contributed by atoms with E-state index in [2.05, 4.69) is 16.0 Å². The highest BCUT2D eigenvalue weighted by Gasteiger charge is 2.20. The zero-order valence-electron chi connectivity index (χ0n) is 18.4. The lowest BCUT2D eigenvalue weighted by Gasteiger charge is -2.23. The number of aryl methyl sites for hydroxylation is 1. The Morgan fingerprint density at radius 3 is 2.73 bits per heavy atom. The quantitative estimate of drug-likeness (QED) is 0.491. The van der Waals surface area contributed by atoms with Gasteiger partial charge in [-0.1, -0.05) is 18.2 Å². The molecule has 7 heteroatoms. The molecule has 1 aromatic heterocycles. The van der Waals surface area contributed by atoms with E-state index in [0.717, 1.165) is 44.9 Å². The summed E-state index contributed by atoms with van der Waals surface area (Å²) >= 11 is 0. The van der Waals surface area contributed by atoms with Crippen molar-refractivity contribution in [1.29, 1.82) is 0 Å². The minimum absolute atomic E-state index is 0.263. The molecule has 1 N–H and O–H groups in total. The van der Waals surface area contributed by atoms with Crippen molar-refractivity contribution in [1.82, 2.24) is 9.97 Å². The Bertz CT molecular complexity index is 1370. The number of anilines is 1. The molecule has 0 unspecified atom stereocenters. The maximum Gasteiger partial charge on any atom is 0.335 e.